The van der Waals surface area contributed by atoms with Crippen molar-refractivity contribution in [2.75, 3.05) is 13.2 Å². The highest BCUT2D eigenvalue weighted by Crippen LogP contribution is 2.16. The summed E-state index contributed by atoms with van der Waals surface area (Å²) < 4.78 is 18.8. The van der Waals surface area contributed by atoms with E-state index >= 15 is 0 Å². The molecule has 0 aliphatic heterocycles. The van der Waals surface area contributed by atoms with Crippen LogP contribution in [0.2, 0.25) is 0 Å². The molecule has 0 aliphatic rings. The lowest BCUT2D eigenvalue weighted by Gasteiger charge is -2.31. The second-order valence-electron chi connectivity index (χ2n) is 8.59. The number of hydrogen-bond acceptors (Lipinski definition) is 3. The molecule has 34 heavy (non-hydrogen) atoms. The van der Waals surface area contributed by atoms with Crippen molar-refractivity contribution in [2.45, 2.75) is 32.9 Å². The third kappa shape index (κ3) is 7.73. The van der Waals surface area contributed by atoms with Crippen LogP contribution in [0.15, 0.2) is 84.9 Å². The van der Waals surface area contributed by atoms with Crippen molar-refractivity contribution >= 4 is 11.8 Å². The second kappa shape index (κ2) is 12.5. The van der Waals surface area contributed by atoms with E-state index in [1.807, 2.05) is 74.5 Å². The molecule has 0 radical (unpaired) electrons. The molecule has 0 heterocycles. The predicted octanol–water partition coefficient (Wildman–Crippen LogP) is 4.62. The molecule has 0 unspecified atom stereocenters. The van der Waals surface area contributed by atoms with E-state index in [1.165, 1.54) is 24.3 Å². The Morgan fingerprint density at radius 2 is 1.47 bits per heavy atom. The number of rotatable bonds is 11. The first-order valence-corrected chi connectivity index (χ1v) is 11.5. The van der Waals surface area contributed by atoms with Crippen LogP contribution in [0.3, 0.4) is 0 Å². The fourth-order valence-corrected chi connectivity index (χ4v) is 3.52. The van der Waals surface area contributed by atoms with Crippen LogP contribution in [0, 0.1) is 11.7 Å². The first kappa shape index (κ1) is 25.0. The Labute approximate surface area is 200 Å². The molecule has 3 aromatic rings. The Morgan fingerprint density at radius 3 is 2.06 bits per heavy atom. The summed E-state index contributed by atoms with van der Waals surface area (Å²) in [5.41, 5.74) is 1.87. The zero-order valence-electron chi connectivity index (χ0n) is 19.6. The van der Waals surface area contributed by atoms with Crippen LogP contribution >= 0.6 is 0 Å². The smallest absolute Gasteiger partial charge is 0.261 e. The zero-order chi connectivity index (χ0) is 24.3. The fraction of sp³-hybridized carbons (Fsp3) is 0.286. The average Bonchev–Trinajstić information content (AvgIpc) is 2.85. The summed E-state index contributed by atoms with van der Waals surface area (Å²) in [6.45, 7) is 4.57. The highest BCUT2D eigenvalue weighted by atomic mass is 19.1. The lowest BCUT2D eigenvalue weighted by Crippen LogP contribution is -2.52. The largest absolute Gasteiger partial charge is 0.484 e. The van der Waals surface area contributed by atoms with E-state index < -0.39 is 6.04 Å². The molecule has 0 bridgehead atoms. The molecule has 178 valence electrons. The van der Waals surface area contributed by atoms with Crippen LogP contribution in [-0.2, 0) is 22.6 Å². The quantitative estimate of drug-likeness (QED) is 0.453. The molecule has 2 amide bonds. The lowest BCUT2D eigenvalue weighted by molar-refractivity contribution is -0.142. The third-order valence-electron chi connectivity index (χ3n) is 5.33. The number of hydrogen-bond donors (Lipinski definition) is 1. The summed E-state index contributed by atoms with van der Waals surface area (Å²) in [6.07, 6.45) is 0.375. The summed E-state index contributed by atoms with van der Waals surface area (Å²) in [5.74, 6) is -0.244. The van der Waals surface area contributed by atoms with Crippen LogP contribution < -0.4 is 10.1 Å². The Bertz CT molecular complexity index is 1040. The topological polar surface area (TPSA) is 58.6 Å². The first-order chi connectivity index (χ1) is 16.4. The molecule has 1 atom stereocenters. The van der Waals surface area contributed by atoms with Crippen molar-refractivity contribution < 1.29 is 18.7 Å². The molecule has 0 spiro atoms. The van der Waals surface area contributed by atoms with E-state index in [2.05, 4.69) is 5.32 Å². The minimum Gasteiger partial charge on any atom is -0.484 e. The number of benzene rings is 3. The maximum Gasteiger partial charge on any atom is 0.261 e. The summed E-state index contributed by atoms with van der Waals surface area (Å²) in [4.78, 5) is 28.3. The van der Waals surface area contributed by atoms with E-state index in [9.17, 15) is 14.0 Å². The van der Waals surface area contributed by atoms with Crippen molar-refractivity contribution in [3.8, 4) is 5.75 Å². The second-order valence-corrected chi connectivity index (χ2v) is 8.59. The number of carbonyl (C=O) groups is 2. The van der Waals surface area contributed by atoms with Gasteiger partial charge in [-0.25, -0.2) is 4.39 Å². The van der Waals surface area contributed by atoms with Gasteiger partial charge in [0, 0.05) is 19.5 Å². The molecule has 5 nitrogen and oxygen atoms in total. The Morgan fingerprint density at radius 1 is 0.882 bits per heavy atom. The van der Waals surface area contributed by atoms with E-state index in [0.717, 1.165) is 11.1 Å². The third-order valence-corrected chi connectivity index (χ3v) is 5.33. The molecule has 0 aliphatic carbocycles. The summed E-state index contributed by atoms with van der Waals surface area (Å²) >= 11 is 0. The maximum atomic E-state index is 13.4. The SMILES string of the molecule is CC(C)CNC(=O)[C@H](Cc1ccccc1)N(Cc1ccccc1)C(=O)COc1ccc(F)cc1. The van der Waals surface area contributed by atoms with Crippen molar-refractivity contribution in [3.05, 3.63) is 102 Å². The molecular weight excluding hydrogens is 431 g/mol. The Kier molecular flexibility index (Phi) is 9.21. The summed E-state index contributed by atoms with van der Waals surface area (Å²) in [5, 5.41) is 2.99. The van der Waals surface area contributed by atoms with Crippen molar-refractivity contribution in [1.82, 2.24) is 10.2 Å². The lowest BCUT2D eigenvalue weighted by atomic mass is 10.0. The molecule has 0 saturated heterocycles. The van der Waals surface area contributed by atoms with Crippen LogP contribution in [0.5, 0.6) is 5.75 Å². The maximum absolute atomic E-state index is 13.4. The molecule has 6 heteroatoms. The molecule has 0 fully saturated rings. The fourth-order valence-electron chi connectivity index (χ4n) is 3.52. The Hall–Kier alpha value is -3.67. The number of nitrogens with zero attached hydrogens (tertiary/aromatic N) is 1. The minimum atomic E-state index is -0.717. The number of carbonyl (C=O) groups excluding carboxylic acids is 2. The van der Waals surface area contributed by atoms with E-state index in [4.69, 9.17) is 4.74 Å². The van der Waals surface area contributed by atoms with E-state index in [-0.39, 0.29) is 36.7 Å². The number of nitrogens with one attached hydrogen (secondary N) is 1. The van der Waals surface area contributed by atoms with E-state index in [1.54, 1.807) is 4.90 Å². The number of halogens is 1. The van der Waals surface area contributed by atoms with Gasteiger partial charge in [0.1, 0.15) is 17.6 Å². The van der Waals surface area contributed by atoms with Gasteiger partial charge in [0.05, 0.1) is 0 Å². The van der Waals surface area contributed by atoms with Gasteiger partial charge in [0.25, 0.3) is 5.91 Å². The standard InChI is InChI=1S/C28H31FN2O3/c1-21(2)18-30-28(33)26(17-22-9-5-3-6-10-22)31(19-23-11-7-4-8-12-23)27(32)20-34-25-15-13-24(29)14-16-25/h3-16,21,26H,17-20H2,1-2H3,(H,30,33)/t26-/m0/s1. The predicted molar refractivity (Wildman–Crippen MR) is 131 cm³/mol. The van der Waals surface area contributed by atoms with Gasteiger partial charge in [-0.15, -0.1) is 0 Å². The summed E-state index contributed by atoms with van der Waals surface area (Å²) in [7, 11) is 0. The van der Waals surface area contributed by atoms with E-state index in [0.29, 0.717) is 18.7 Å². The Balaban J connectivity index is 1.86. The van der Waals surface area contributed by atoms with Crippen LogP contribution in [0.1, 0.15) is 25.0 Å². The highest BCUT2D eigenvalue weighted by Gasteiger charge is 2.30. The molecular formula is C28H31FN2O3. The molecule has 0 saturated carbocycles. The van der Waals surface area contributed by atoms with Gasteiger partial charge in [-0.05, 0) is 41.3 Å². The average molecular weight is 463 g/mol. The number of ether oxygens (including phenoxy) is 1. The van der Waals surface area contributed by atoms with Crippen molar-refractivity contribution in [1.29, 1.82) is 0 Å². The number of amides is 2. The van der Waals surface area contributed by atoms with Gasteiger partial charge in [0.15, 0.2) is 6.61 Å². The summed E-state index contributed by atoms with van der Waals surface area (Å²) in [6, 6.07) is 24.0. The monoisotopic (exact) mass is 462 g/mol. The highest BCUT2D eigenvalue weighted by molar-refractivity contribution is 5.88. The van der Waals surface area contributed by atoms with Gasteiger partial charge < -0.3 is 15.0 Å². The van der Waals surface area contributed by atoms with Gasteiger partial charge in [0.2, 0.25) is 5.91 Å². The van der Waals surface area contributed by atoms with Crippen molar-refractivity contribution in [2.24, 2.45) is 5.92 Å². The van der Waals surface area contributed by atoms with Crippen LogP contribution in [0.25, 0.3) is 0 Å². The van der Waals surface area contributed by atoms with Gasteiger partial charge >= 0.3 is 0 Å². The van der Waals surface area contributed by atoms with Gasteiger partial charge in [-0.3, -0.25) is 9.59 Å². The van der Waals surface area contributed by atoms with Crippen LogP contribution in [-0.4, -0.2) is 35.9 Å². The minimum absolute atomic E-state index is 0.205. The van der Waals surface area contributed by atoms with Crippen molar-refractivity contribution in [3.63, 3.8) is 0 Å². The molecule has 3 aromatic carbocycles. The van der Waals surface area contributed by atoms with Crippen LogP contribution in [0.4, 0.5) is 4.39 Å². The zero-order valence-corrected chi connectivity index (χ0v) is 19.6. The molecule has 3 rings (SSSR count). The van der Waals surface area contributed by atoms with Gasteiger partial charge in [-0.2, -0.15) is 0 Å². The van der Waals surface area contributed by atoms with Gasteiger partial charge in [-0.1, -0.05) is 74.5 Å². The molecule has 1 N–H and O–H groups in total. The molecule has 0 aromatic heterocycles. The normalized spacial score (nSPS) is 11.6. The first-order valence-electron chi connectivity index (χ1n) is 11.5.